The third-order valence-corrected chi connectivity index (χ3v) is 3.18. The monoisotopic (exact) mass is 261 g/mol. The molecule has 0 saturated carbocycles. The van der Waals surface area contributed by atoms with E-state index in [4.69, 9.17) is 10.5 Å². The molecule has 1 aliphatic heterocycles. The molecule has 0 radical (unpaired) electrons. The number of nitrogen functional groups attached to an aromatic ring is 1. The van der Waals surface area contributed by atoms with Crippen LogP contribution in [-0.4, -0.2) is 34.0 Å². The van der Waals surface area contributed by atoms with Crippen molar-refractivity contribution in [3.05, 3.63) is 34.9 Å². The van der Waals surface area contributed by atoms with E-state index in [-0.39, 0.29) is 11.2 Å². The molecular weight excluding hydrogens is 246 g/mol. The van der Waals surface area contributed by atoms with Crippen LogP contribution in [0.5, 0.6) is 0 Å². The summed E-state index contributed by atoms with van der Waals surface area (Å²) in [6.07, 6.45) is 3.35. The van der Waals surface area contributed by atoms with E-state index in [9.17, 15) is 4.79 Å². The SMILES string of the molecule is Nc1c(-c2ccn[nH]2)ccn(CNC2COC2)c1=O. The Labute approximate surface area is 109 Å². The maximum atomic E-state index is 12.1. The predicted octanol–water partition coefficient (Wildman–Crippen LogP) is -0.234. The number of nitrogens with one attached hydrogen (secondary N) is 2. The zero-order chi connectivity index (χ0) is 13.2. The number of nitrogens with two attached hydrogens (primary N) is 1. The van der Waals surface area contributed by atoms with Gasteiger partial charge in [-0.25, -0.2) is 0 Å². The summed E-state index contributed by atoms with van der Waals surface area (Å²) in [5, 5.41) is 9.87. The van der Waals surface area contributed by atoms with E-state index in [1.165, 1.54) is 0 Å². The molecule has 1 aliphatic rings. The largest absolute Gasteiger partial charge is 0.394 e. The molecule has 100 valence electrons. The quantitative estimate of drug-likeness (QED) is 0.706. The molecule has 4 N–H and O–H groups in total. The zero-order valence-corrected chi connectivity index (χ0v) is 10.3. The van der Waals surface area contributed by atoms with Crippen LogP contribution in [0, 0.1) is 0 Å². The molecule has 19 heavy (non-hydrogen) atoms. The maximum absolute atomic E-state index is 12.1. The first kappa shape index (κ1) is 11.9. The highest BCUT2D eigenvalue weighted by Gasteiger charge is 2.17. The molecule has 0 spiro atoms. The minimum absolute atomic E-state index is 0.208. The summed E-state index contributed by atoms with van der Waals surface area (Å²) in [6.45, 7) is 1.81. The zero-order valence-electron chi connectivity index (χ0n) is 10.3. The lowest BCUT2D eigenvalue weighted by Gasteiger charge is -2.27. The van der Waals surface area contributed by atoms with Gasteiger partial charge in [0.1, 0.15) is 5.69 Å². The Morgan fingerprint density at radius 2 is 2.37 bits per heavy atom. The average molecular weight is 261 g/mol. The summed E-state index contributed by atoms with van der Waals surface area (Å²) in [4.78, 5) is 12.1. The summed E-state index contributed by atoms with van der Waals surface area (Å²) >= 11 is 0. The molecule has 0 atom stereocenters. The van der Waals surface area contributed by atoms with Gasteiger partial charge in [-0.3, -0.25) is 15.2 Å². The lowest BCUT2D eigenvalue weighted by Crippen LogP contribution is -2.47. The number of hydrogen-bond donors (Lipinski definition) is 3. The highest BCUT2D eigenvalue weighted by molar-refractivity contribution is 5.72. The number of nitrogens with zero attached hydrogens (tertiary/aromatic N) is 2. The van der Waals surface area contributed by atoms with Gasteiger partial charge in [-0.2, -0.15) is 5.10 Å². The normalized spacial score (nSPS) is 15.4. The molecule has 3 heterocycles. The van der Waals surface area contributed by atoms with Crippen molar-refractivity contribution in [1.29, 1.82) is 0 Å². The number of aromatic nitrogens is 3. The molecule has 0 bridgehead atoms. The van der Waals surface area contributed by atoms with Crippen molar-refractivity contribution < 1.29 is 4.74 Å². The summed E-state index contributed by atoms with van der Waals surface area (Å²) < 4.78 is 6.61. The Morgan fingerprint density at radius 3 is 3.00 bits per heavy atom. The number of rotatable bonds is 4. The first-order valence-corrected chi connectivity index (χ1v) is 6.05. The fraction of sp³-hybridized carbons (Fsp3) is 0.333. The van der Waals surface area contributed by atoms with E-state index in [0.29, 0.717) is 31.5 Å². The van der Waals surface area contributed by atoms with Crippen LogP contribution >= 0.6 is 0 Å². The summed E-state index contributed by atoms with van der Waals surface area (Å²) in [6, 6.07) is 3.91. The highest BCUT2D eigenvalue weighted by Crippen LogP contribution is 2.19. The van der Waals surface area contributed by atoms with Gasteiger partial charge < -0.3 is 15.0 Å². The first-order chi connectivity index (χ1) is 9.25. The van der Waals surface area contributed by atoms with E-state index in [0.717, 1.165) is 5.69 Å². The van der Waals surface area contributed by atoms with E-state index >= 15 is 0 Å². The van der Waals surface area contributed by atoms with Gasteiger partial charge >= 0.3 is 0 Å². The van der Waals surface area contributed by atoms with E-state index < -0.39 is 0 Å². The second-order valence-corrected chi connectivity index (χ2v) is 4.48. The average Bonchev–Trinajstić information content (AvgIpc) is 2.86. The molecule has 2 aromatic heterocycles. The van der Waals surface area contributed by atoms with Crippen molar-refractivity contribution in [3.8, 4) is 11.3 Å². The molecule has 0 aliphatic carbocycles. The molecule has 1 fully saturated rings. The number of anilines is 1. The molecule has 0 aromatic carbocycles. The van der Waals surface area contributed by atoms with Crippen molar-refractivity contribution in [2.24, 2.45) is 0 Å². The van der Waals surface area contributed by atoms with E-state index in [1.54, 1.807) is 23.0 Å². The fourth-order valence-corrected chi connectivity index (χ4v) is 1.94. The van der Waals surface area contributed by atoms with Gasteiger partial charge in [0, 0.05) is 18.0 Å². The fourth-order valence-electron chi connectivity index (χ4n) is 1.94. The molecule has 3 rings (SSSR count). The van der Waals surface area contributed by atoms with Crippen LogP contribution in [0.1, 0.15) is 0 Å². The number of aromatic amines is 1. The van der Waals surface area contributed by atoms with Gasteiger partial charge in [0.15, 0.2) is 0 Å². The molecule has 2 aromatic rings. The third-order valence-electron chi connectivity index (χ3n) is 3.18. The van der Waals surface area contributed by atoms with Crippen molar-refractivity contribution in [2.75, 3.05) is 18.9 Å². The first-order valence-electron chi connectivity index (χ1n) is 6.05. The molecule has 7 heteroatoms. The Hall–Kier alpha value is -2.12. The van der Waals surface area contributed by atoms with Gasteiger partial charge in [0.25, 0.3) is 5.56 Å². The molecule has 0 amide bonds. The Balaban J connectivity index is 1.83. The van der Waals surface area contributed by atoms with Crippen LogP contribution in [-0.2, 0) is 11.4 Å². The summed E-state index contributed by atoms with van der Waals surface area (Å²) in [5.74, 6) is 0. The standard InChI is InChI=1S/C12H15N5O2/c13-11-9(10-1-3-15-16-10)2-4-17(12(11)18)7-14-8-5-19-6-8/h1-4,8,14H,5-7,13H2,(H,15,16). The van der Waals surface area contributed by atoms with Crippen molar-refractivity contribution in [1.82, 2.24) is 20.1 Å². The van der Waals surface area contributed by atoms with Crippen molar-refractivity contribution >= 4 is 5.69 Å². The van der Waals surface area contributed by atoms with Crippen LogP contribution in [0.3, 0.4) is 0 Å². The van der Waals surface area contributed by atoms with Gasteiger partial charge in [0.2, 0.25) is 0 Å². The molecule has 1 saturated heterocycles. The molecular formula is C12H15N5O2. The number of H-pyrrole nitrogens is 1. The summed E-state index contributed by atoms with van der Waals surface area (Å²) in [7, 11) is 0. The van der Waals surface area contributed by atoms with E-state index in [2.05, 4.69) is 15.5 Å². The Bertz CT molecular complexity index is 616. The van der Waals surface area contributed by atoms with Crippen LogP contribution in [0.2, 0.25) is 0 Å². The minimum atomic E-state index is -0.208. The maximum Gasteiger partial charge on any atom is 0.275 e. The van der Waals surface area contributed by atoms with Gasteiger partial charge in [-0.15, -0.1) is 0 Å². The van der Waals surface area contributed by atoms with Crippen LogP contribution in [0.25, 0.3) is 11.3 Å². The van der Waals surface area contributed by atoms with Crippen LogP contribution < -0.4 is 16.6 Å². The number of pyridine rings is 1. The number of ether oxygens (including phenoxy) is 1. The smallest absolute Gasteiger partial charge is 0.275 e. The summed E-state index contributed by atoms with van der Waals surface area (Å²) in [5.41, 5.74) is 7.32. The lowest BCUT2D eigenvalue weighted by atomic mass is 10.1. The predicted molar refractivity (Wildman–Crippen MR) is 70.4 cm³/mol. The highest BCUT2D eigenvalue weighted by atomic mass is 16.5. The third kappa shape index (κ3) is 2.25. The molecule has 0 unspecified atom stereocenters. The number of hydrogen-bond acceptors (Lipinski definition) is 5. The van der Waals surface area contributed by atoms with Crippen molar-refractivity contribution in [3.63, 3.8) is 0 Å². The lowest BCUT2D eigenvalue weighted by molar-refractivity contribution is -0.00846. The second-order valence-electron chi connectivity index (χ2n) is 4.48. The topological polar surface area (TPSA) is 98.0 Å². The van der Waals surface area contributed by atoms with Gasteiger partial charge in [-0.1, -0.05) is 0 Å². The van der Waals surface area contributed by atoms with Gasteiger partial charge in [-0.05, 0) is 12.1 Å². The van der Waals surface area contributed by atoms with Gasteiger partial charge in [0.05, 0.1) is 31.6 Å². The molecule has 7 nitrogen and oxygen atoms in total. The van der Waals surface area contributed by atoms with Crippen LogP contribution in [0.4, 0.5) is 5.69 Å². The van der Waals surface area contributed by atoms with Crippen molar-refractivity contribution in [2.45, 2.75) is 12.7 Å². The Kier molecular flexibility index (Phi) is 3.06. The second kappa shape index (κ2) is 4.87. The van der Waals surface area contributed by atoms with Crippen LogP contribution in [0.15, 0.2) is 29.3 Å². The Morgan fingerprint density at radius 1 is 1.53 bits per heavy atom. The van der Waals surface area contributed by atoms with E-state index in [1.807, 2.05) is 6.07 Å². The minimum Gasteiger partial charge on any atom is -0.394 e.